The van der Waals surface area contributed by atoms with Crippen LogP contribution in [0.3, 0.4) is 0 Å². The van der Waals surface area contributed by atoms with Gasteiger partial charge in [-0.15, -0.1) is 0 Å². The zero-order chi connectivity index (χ0) is 23.9. The molecular formula is C23H31N5O4S2. The standard InChI is InChI=1S/C23H31N5O4S2/c1-33(29,30)27-19-3-2-12-28(14-19)34(31,32)15-16-4-6-17(7-5-16)22-21-18(8-10-24-22)13-26-23-20(21)9-11-25-23/h8-11,13,16-17,19,24,27H,2-7,12,14-15H2,1H3. The van der Waals surface area contributed by atoms with Crippen LogP contribution >= 0.6 is 0 Å². The third-order valence-corrected chi connectivity index (χ3v) is 9.97. The number of pyridine rings is 2. The Kier molecular flexibility index (Phi) is 6.38. The minimum atomic E-state index is -3.44. The summed E-state index contributed by atoms with van der Waals surface area (Å²) < 4.78 is 53.5. The van der Waals surface area contributed by atoms with Gasteiger partial charge in [-0.25, -0.2) is 35.8 Å². The van der Waals surface area contributed by atoms with Crippen LogP contribution in [0.4, 0.5) is 0 Å². The van der Waals surface area contributed by atoms with Gasteiger partial charge in [-0.2, -0.15) is 0 Å². The number of aromatic nitrogens is 3. The molecule has 5 rings (SSSR count). The fraction of sp³-hybridized carbons (Fsp3) is 0.565. The molecule has 3 aromatic heterocycles. The zero-order valence-electron chi connectivity index (χ0n) is 19.3. The van der Waals surface area contributed by atoms with Crippen molar-refractivity contribution < 1.29 is 16.8 Å². The largest absolute Gasteiger partial charge is 0.364 e. The lowest BCUT2D eigenvalue weighted by atomic mass is 9.80. The van der Waals surface area contributed by atoms with Crippen LogP contribution in [0.1, 0.15) is 50.1 Å². The number of sulfonamides is 2. The SMILES string of the molecule is CS(=O)(=O)NC1CCCN(S(=O)(=O)CC2CCC(c3[nH]ccc4cnc5nccc5c34)CC2)C1. The number of rotatable bonds is 6. The number of nitrogens with zero attached hydrogens (tertiary/aromatic N) is 3. The highest BCUT2D eigenvalue weighted by molar-refractivity contribution is 7.89. The van der Waals surface area contributed by atoms with Gasteiger partial charge in [0, 0.05) is 59.6 Å². The molecule has 1 unspecified atom stereocenters. The maximum Gasteiger partial charge on any atom is 0.214 e. The topological polar surface area (TPSA) is 125 Å². The summed E-state index contributed by atoms with van der Waals surface area (Å²) in [7, 11) is -6.80. The number of fused-ring (bicyclic) bond motifs is 3. The summed E-state index contributed by atoms with van der Waals surface area (Å²) in [5.41, 5.74) is 1.93. The number of piperidine rings is 1. The Balaban J connectivity index is 1.26. The third kappa shape index (κ3) is 4.98. The number of aromatic amines is 1. The van der Waals surface area contributed by atoms with Crippen molar-refractivity contribution in [2.75, 3.05) is 25.1 Å². The van der Waals surface area contributed by atoms with Gasteiger partial charge in [0.05, 0.1) is 12.0 Å². The minimum absolute atomic E-state index is 0.113. The highest BCUT2D eigenvalue weighted by Gasteiger charge is 2.34. The van der Waals surface area contributed by atoms with Gasteiger partial charge in [-0.05, 0) is 62.5 Å². The van der Waals surface area contributed by atoms with Gasteiger partial charge >= 0.3 is 0 Å². The summed E-state index contributed by atoms with van der Waals surface area (Å²) in [6, 6.07) is 3.68. The van der Waals surface area contributed by atoms with Gasteiger partial charge in [0.15, 0.2) is 5.65 Å². The second kappa shape index (κ2) is 9.18. The van der Waals surface area contributed by atoms with E-state index < -0.39 is 20.0 Å². The van der Waals surface area contributed by atoms with Crippen molar-refractivity contribution in [1.29, 1.82) is 0 Å². The predicted molar refractivity (Wildman–Crippen MR) is 132 cm³/mol. The Labute approximate surface area is 200 Å². The Morgan fingerprint density at radius 3 is 2.65 bits per heavy atom. The average molecular weight is 506 g/mol. The van der Waals surface area contributed by atoms with Gasteiger partial charge in [0.2, 0.25) is 20.0 Å². The van der Waals surface area contributed by atoms with Crippen LogP contribution in [0.2, 0.25) is 0 Å². The number of H-pyrrole nitrogens is 1. The first kappa shape index (κ1) is 23.7. The van der Waals surface area contributed by atoms with Crippen LogP contribution in [-0.2, 0) is 20.0 Å². The summed E-state index contributed by atoms with van der Waals surface area (Å²) in [4.78, 5) is 12.2. The van der Waals surface area contributed by atoms with Gasteiger partial charge in [-0.1, -0.05) is 0 Å². The number of hydrogen-bond donors (Lipinski definition) is 2. The van der Waals surface area contributed by atoms with E-state index in [1.165, 1.54) is 15.4 Å². The molecule has 1 aliphatic carbocycles. The molecule has 1 saturated heterocycles. The van der Waals surface area contributed by atoms with Crippen molar-refractivity contribution in [1.82, 2.24) is 24.0 Å². The van der Waals surface area contributed by atoms with E-state index in [9.17, 15) is 16.8 Å². The number of hydrogen-bond acceptors (Lipinski definition) is 6. The van der Waals surface area contributed by atoms with Crippen molar-refractivity contribution in [3.8, 4) is 0 Å². The molecule has 2 fully saturated rings. The van der Waals surface area contributed by atoms with E-state index in [-0.39, 0.29) is 24.3 Å². The van der Waals surface area contributed by atoms with Gasteiger partial charge in [0.1, 0.15) is 0 Å². The third-order valence-electron chi connectivity index (χ3n) is 7.19. The Hall–Kier alpha value is -2.08. The van der Waals surface area contributed by atoms with Crippen LogP contribution in [0.15, 0.2) is 30.7 Å². The van der Waals surface area contributed by atoms with Gasteiger partial charge in [-0.3, -0.25) is 0 Å². The van der Waals surface area contributed by atoms with E-state index in [0.29, 0.717) is 25.3 Å². The molecule has 1 aliphatic heterocycles. The number of nitrogens with one attached hydrogen (secondary N) is 2. The van der Waals surface area contributed by atoms with E-state index in [2.05, 4.69) is 19.7 Å². The zero-order valence-corrected chi connectivity index (χ0v) is 20.9. The molecule has 9 nitrogen and oxygen atoms in total. The van der Waals surface area contributed by atoms with E-state index in [1.807, 2.05) is 24.5 Å². The molecule has 2 aliphatic rings. The molecule has 1 saturated carbocycles. The van der Waals surface area contributed by atoms with Crippen molar-refractivity contribution in [3.05, 3.63) is 36.4 Å². The molecule has 0 bridgehead atoms. The van der Waals surface area contributed by atoms with Crippen LogP contribution < -0.4 is 4.72 Å². The van der Waals surface area contributed by atoms with Crippen molar-refractivity contribution in [2.24, 2.45) is 5.92 Å². The second-order valence-corrected chi connectivity index (χ2v) is 13.5. The first-order valence-corrected chi connectivity index (χ1v) is 15.4. The molecular weight excluding hydrogens is 474 g/mol. The Morgan fingerprint density at radius 2 is 1.88 bits per heavy atom. The molecule has 0 amide bonds. The molecule has 1 atom stereocenters. The Morgan fingerprint density at radius 1 is 1.09 bits per heavy atom. The van der Waals surface area contributed by atoms with Crippen LogP contribution in [0.5, 0.6) is 0 Å². The first-order valence-electron chi connectivity index (χ1n) is 11.9. The second-order valence-electron chi connectivity index (χ2n) is 9.75. The normalized spacial score (nSPS) is 25.1. The van der Waals surface area contributed by atoms with Crippen LogP contribution in [0, 0.1) is 5.92 Å². The maximum atomic E-state index is 13.1. The summed E-state index contributed by atoms with van der Waals surface area (Å²) in [5.74, 6) is 0.578. The molecule has 0 radical (unpaired) electrons. The Bertz CT molecular complexity index is 1400. The molecule has 184 valence electrons. The summed E-state index contributed by atoms with van der Waals surface area (Å²) in [5, 5.41) is 3.30. The van der Waals surface area contributed by atoms with E-state index in [1.54, 1.807) is 6.20 Å². The average Bonchev–Trinajstić information content (AvgIpc) is 3.27. The van der Waals surface area contributed by atoms with Crippen LogP contribution in [-0.4, -0.2) is 67.2 Å². The lowest BCUT2D eigenvalue weighted by Crippen LogP contribution is -2.50. The molecule has 0 spiro atoms. The summed E-state index contributed by atoms with van der Waals surface area (Å²) >= 11 is 0. The van der Waals surface area contributed by atoms with E-state index in [4.69, 9.17) is 0 Å². The monoisotopic (exact) mass is 505 g/mol. The highest BCUT2D eigenvalue weighted by Crippen LogP contribution is 2.39. The fourth-order valence-corrected chi connectivity index (χ4v) is 8.38. The minimum Gasteiger partial charge on any atom is -0.364 e. The summed E-state index contributed by atoms with van der Waals surface area (Å²) in [6.45, 7) is 0.676. The molecule has 0 aromatic carbocycles. The quantitative estimate of drug-likeness (QED) is 0.531. The van der Waals surface area contributed by atoms with Crippen LogP contribution in [0.25, 0.3) is 21.8 Å². The van der Waals surface area contributed by atoms with E-state index in [0.717, 1.165) is 48.4 Å². The molecule has 34 heavy (non-hydrogen) atoms. The van der Waals surface area contributed by atoms with Gasteiger partial charge in [0.25, 0.3) is 0 Å². The maximum absolute atomic E-state index is 13.1. The predicted octanol–water partition coefficient (Wildman–Crippen LogP) is 2.73. The van der Waals surface area contributed by atoms with Crippen molar-refractivity contribution >= 4 is 41.9 Å². The van der Waals surface area contributed by atoms with Crippen molar-refractivity contribution in [2.45, 2.75) is 50.5 Å². The first-order chi connectivity index (χ1) is 16.2. The highest BCUT2D eigenvalue weighted by atomic mass is 32.2. The molecule has 3 aromatic rings. The fourth-order valence-electron chi connectivity index (χ4n) is 5.63. The lowest BCUT2D eigenvalue weighted by Gasteiger charge is -2.34. The van der Waals surface area contributed by atoms with E-state index >= 15 is 0 Å². The lowest BCUT2D eigenvalue weighted by molar-refractivity contribution is 0.294. The van der Waals surface area contributed by atoms with Gasteiger partial charge < -0.3 is 4.98 Å². The molecule has 4 heterocycles. The summed E-state index contributed by atoms with van der Waals surface area (Å²) in [6.07, 6.45) is 11.6. The molecule has 11 heteroatoms. The van der Waals surface area contributed by atoms with Crippen molar-refractivity contribution in [3.63, 3.8) is 0 Å². The molecule has 2 N–H and O–H groups in total. The smallest absolute Gasteiger partial charge is 0.214 e.